The Morgan fingerprint density at radius 3 is 2.52 bits per heavy atom. The van der Waals surface area contributed by atoms with Crippen LogP contribution >= 0.6 is 0 Å². The van der Waals surface area contributed by atoms with Crippen LogP contribution in [0.25, 0.3) is 0 Å². The smallest absolute Gasteiger partial charge is 0.261 e. The van der Waals surface area contributed by atoms with E-state index >= 15 is 0 Å². The summed E-state index contributed by atoms with van der Waals surface area (Å²) < 4.78 is 0. The zero-order valence-electron chi connectivity index (χ0n) is 14.0. The van der Waals surface area contributed by atoms with Gasteiger partial charge in [0.2, 0.25) is 0 Å². The molecule has 25 heavy (non-hydrogen) atoms. The second-order valence-electron chi connectivity index (χ2n) is 5.91. The van der Waals surface area contributed by atoms with E-state index in [1.165, 1.54) is 11.0 Å². The highest BCUT2D eigenvalue weighted by molar-refractivity contribution is 6.22. The highest BCUT2D eigenvalue weighted by atomic mass is 16.2. The Bertz CT molecular complexity index is 818. The first-order chi connectivity index (χ1) is 12.1. The van der Waals surface area contributed by atoms with Crippen molar-refractivity contribution < 1.29 is 14.4 Å². The highest BCUT2D eigenvalue weighted by Gasteiger charge is 2.35. The van der Waals surface area contributed by atoms with Crippen LogP contribution in [0.15, 0.2) is 42.7 Å². The molecule has 0 unspecified atom stereocenters. The molecule has 1 aromatic heterocycles. The minimum Gasteiger partial charge on any atom is -0.348 e. The van der Waals surface area contributed by atoms with Gasteiger partial charge in [0, 0.05) is 31.0 Å². The molecule has 0 radical (unpaired) electrons. The number of nitrogens with one attached hydrogen (secondary N) is 1. The van der Waals surface area contributed by atoms with Crippen LogP contribution in [0.4, 0.5) is 0 Å². The topological polar surface area (TPSA) is 79.4 Å². The van der Waals surface area contributed by atoms with E-state index < -0.39 is 0 Å². The molecule has 6 heteroatoms. The molecule has 0 saturated carbocycles. The van der Waals surface area contributed by atoms with Crippen LogP contribution in [0.3, 0.4) is 0 Å². The highest BCUT2D eigenvalue weighted by Crippen LogP contribution is 2.24. The Hall–Kier alpha value is -3.02. The molecule has 1 aliphatic rings. The van der Waals surface area contributed by atoms with Gasteiger partial charge in [0.1, 0.15) is 0 Å². The fourth-order valence-corrected chi connectivity index (χ4v) is 2.74. The minimum absolute atomic E-state index is 0.280. The zero-order valence-corrected chi connectivity index (χ0v) is 14.0. The molecule has 2 aromatic rings. The van der Waals surface area contributed by atoms with Gasteiger partial charge in [-0.15, -0.1) is 0 Å². The summed E-state index contributed by atoms with van der Waals surface area (Å²) in [7, 11) is 0. The average molecular weight is 337 g/mol. The van der Waals surface area contributed by atoms with Crippen molar-refractivity contribution in [1.82, 2.24) is 15.2 Å². The van der Waals surface area contributed by atoms with Crippen LogP contribution in [-0.2, 0) is 6.54 Å². The lowest BCUT2D eigenvalue weighted by molar-refractivity contribution is 0.0652. The number of fused-ring (bicyclic) bond motifs is 1. The quantitative estimate of drug-likeness (QED) is 0.821. The van der Waals surface area contributed by atoms with Crippen molar-refractivity contribution in [3.8, 4) is 0 Å². The third-order valence-electron chi connectivity index (χ3n) is 4.17. The van der Waals surface area contributed by atoms with Crippen molar-refractivity contribution in [2.24, 2.45) is 0 Å². The van der Waals surface area contributed by atoms with Crippen LogP contribution in [0.5, 0.6) is 0 Å². The molecule has 0 bridgehead atoms. The van der Waals surface area contributed by atoms with Crippen molar-refractivity contribution >= 4 is 17.7 Å². The van der Waals surface area contributed by atoms with E-state index in [2.05, 4.69) is 10.3 Å². The molecule has 1 aromatic carbocycles. The molecule has 3 amide bonds. The fourth-order valence-electron chi connectivity index (χ4n) is 2.74. The Balaban J connectivity index is 1.74. The first kappa shape index (κ1) is 16.8. The summed E-state index contributed by atoms with van der Waals surface area (Å²) in [6.07, 6.45) is 4.99. The summed E-state index contributed by atoms with van der Waals surface area (Å²) in [5.74, 6) is -0.888. The number of carbonyl (C=O) groups excluding carboxylic acids is 3. The largest absolute Gasteiger partial charge is 0.348 e. The molecular weight excluding hydrogens is 318 g/mol. The van der Waals surface area contributed by atoms with Gasteiger partial charge < -0.3 is 5.32 Å². The maximum Gasteiger partial charge on any atom is 0.261 e. The predicted octanol–water partition coefficient (Wildman–Crippen LogP) is 2.41. The first-order valence-corrected chi connectivity index (χ1v) is 8.29. The van der Waals surface area contributed by atoms with E-state index in [1.54, 1.807) is 24.5 Å². The number of hydrogen-bond donors (Lipinski definition) is 1. The lowest BCUT2D eigenvalue weighted by Crippen LogP contribution is -2.30. The number of imide groups is 1. The monoisotopic (exact) mass is 337 g/mol. The molecule has 2 heterocycles. The van der Waals surface area contributed by atoms with E-state index in [9.17, 15) is 14.4 Å². The number of hydrogen-bond acceptors (Lipinski definition) is 4. The van der Waals surface area contributed by atoms with Gasteiger partial charge in [0.25, 0.3) is 17.7 Å². The molecule has 0 spiro atoms. The SMILES string of the molecule is CCCCN1C(=O)c2ccc(C(=O)NCc3ccncc3)cc2C1=O. The van der Waals surface area contributed by atoms with Crippen molar-refractivity contribution in [2.75, 3.05) is 6.54 Å². The Morgan fingerprint density at radius 1 is 1.08 bits per heavy atom. The average Bonchev–Trinajstić information content (AvgIpc) is 2.89. The van der Waals surface area contributed by atoms with Crippen LogP contribution in [-0.4, -0.2) is 34.2 Å². The van der Waals surface area contributed by atoms with Crippen LogP contribution in [0.1, 0.15) is 56.4 Å². The number of benzene rings is 1. The lowest BCUT2D eigenvalue weighted by atomic mass is 10.1. The van der Waals surface area contributed by atoms with E-state index in [4.69, 9.17) is 0 Å². The molecule has 1 N–H and O–H groups in total. The maximum absolute atomic E-state index is 12.4. The normalized spacial score (nSPS) is 13.1. The van der Waals surface area contributed by atoms with Crippen molar-refractivity contribution in [3.05, 3.63) is 65.0 Å². The summed E-state index contributed by atoms with van der Waals surface area (Å²) in [6.45, 7) is 2.78. The molecule has 0 aliphatic carbocycles. The minimum atomic E-state index is -0.322. The number of pyridine rings is 1. The third kappa shape index (κ3) is 3.42. The Labute approximate surface area is 145 Å². The standard InChI is InChI=1S/C19H19N3O3/c1-2-3-10-22-18(24)15-5-4-14(11-16(15)19(22)25)17(23)21-12-13-6-8-20-9-7-13/h4-9,11H,2-3,10,12H2,1H3,(H,21,23). The molecule has 128 valence electrons. The van der Waals surface area contributed by atoms with Gasteiger partial charge in [-0.25, -0.2) is 0 Å². The lowest BCUT2D eigenvalue weighted by Gasteiger charge is -2.12. The van der Waals surface area contributed by atoms with Gasteiger partial charge in [-0.1, -0.05) is 13.3 Å². The summed E-state index contributed by atoms with van der Waals surface area (Å²) in [6, 6.07) is 8.27. The van der Waals surface area contributed by atoms with Gasteiger partial charge >= 0.3 is 0 Å². The zero-order chi connectivity index (χ0) is 17.8. The van der Waals surface area contributed by atoms with Crippen LogP contribution in [0, 0.1) is 0 Å². The predicted molar refractivity (Wildman–Crippen MR) is 92.1 cm³/mol. The second kappa shape index (κ2) is 7.25. The maximum atomic E-state index is 12.4. The van der Waals surface area contributed by atoms with E-state index in [0.29, 0.717) is 29.8 Å². The van der Waals surface area contributed by atoms with Crippen molar-refractivity contribution in [1.29, 1.82) is 0 Å². The Kier molecular flexibility index (Phi) is 4.88. The fraction of sp³-hybridized carbons (Fsp3) is 0.263. The number of nitrogens with zero attached hydrogens (tertiary/aromatic N) is 2. The van der Waals surface area contributed by atoms with Crippen molar-refractivity contribution in [2.45, 2.75) is 26.3 Å². The first-order valence-electron chi connectivity index (χ1n) is 8.29. The second-order valence-corrected chi connectivity index (χ2v) is 5.91. The van der Waals surface area contributed by atoms with Gasteiger partial charge in [-0.3, -0.25) is 24.3 Å². The molecule has 6 nitrogen and oxygen atoms in total. The van der Waals surface area contributed by atoms with Crippen LogP contribution < -0.4 is 5.32 Å². The Morgan fingerprint density at radius 2 is 1.80 bits per heavy atom. The van der Waals surface area contributed by atoms with Gasteiger partial charge in [-0.2, -0.15) is 0 Å². The summed E-state index contributed by atoms with van der Waals surface area (Å²) in [4.78, 5) is 42.2. The molecule has 1 aliphatic heterocycles. The number of unbranched alkanes of at least 4 members (excludes halogenated alkanes) is 1. The van der Waals surface area contributed by atoms with Crippen LogP contribution in [0.2, 0.25) is 0 Å². The molecule has 0 fully saturated rings. The summed E-state index contributed by atoms with van der Waals surface area (Å²) in [5.41, 5.74) is 1.97. The van der Waals surface area contributed by atoms with Gasteiger partial charge in [0.15, 0.2) is 0 Å². The summed E-state index contributed by atoms with van der Waals surface area (Å²) >= 11 is 0. The molecule has 3 rings (SSSR count). The number of amides is 3. The van der Waals surface area contributed by atoms with E-state index in [0.717, 1.165) is 18.4 Å². The molecular formula is C19H19N3O3. The van der Waals surface area contributed by atoms with Gasteiger partial charge in [0.05, 0.1) is 11.1 Å². The van der Waals surface area contributed by atoms with Gasteiger partial charge in [-0.05, 0) is 42.3 Å². The third-order valence-corrected chi connectivity index (χ3v) is 4.17. The molecule has 0 saturated heterocycles. The number of carbonyl (C=O) groups is 3. The van der Waals surface area contributed by atoms with E-state index in [-0.39, 0.29) is 17.7 Å². The molecule has 0 atom stereocenters. The number of aromatic nitrogens is 1. The summed E-state index contributed by atoms with van der Waals surface area (Å²) in [5, 5.41) is 2.80. The number of rotatable bonds is 6. The van der Waals surface area contributed by atoms with E-state index in [1.807, 2.05) is 19.1 Å². The van der Waals surface area contributed by atoms with Crippen molar-refractivity contribution in [3.63, 3.8) is 0 Å².